The molecule has 4 aliphatic heterocycles. The van der Waals surface area contributed by atoms with Crippen LogP contribution in [0.5, 0.6) is 0 Å². The van der Waals surface area contributed by atoms with Gasteiger partial charge in [-0.05, 0) is 27.7 Å². The Morgan fingerprint density at radius 3 is 0.904 bits per heavy atom. The van der Waals surface area contributed by atoms with Gasteiger partial charge in [-0.3, -0.25) is 0 Å². The van der Waals surface area contributed by atoms with Crippen molar-refractivity contribution >= 4 is 40.8 Å². The first-order valence-electron chi connectivity index (χ1n) is 16.8. The van der Waals surface area contributed by atoms with Gasteiger partial charge in [-0.15, -0.1) is 56.1 Å². The molecule has 3 fully saturated rings. The predicted molar refractivity (Wildman–Crippen MR) is 206 cm³/mol. The molecule has 0 aromatic rings. The van der Waals surface area contributed by atoms with Gasteiger partial charge >= 0.3 is 99.1 Å². The minimum atomic E-state index is 0.0599. The third-order valence-electron chi connectivity index (χ3n) is 5.62. The molecule has 0 spiro atoms. The third kappa shape index (κ3) is 76.7. The Balaban J connectivity index is -0.0000000712. The van der Waals surface area contributed by atoms with Crippen LogP contribution in [0.15, 0.2) is 23.9 Å². The van der Waals surface area contributed by atoms with Gasteiger partial charge in [0.25, 0.3) is 0 Å². The molecule has 0 saturated carbocycles. The van der Waals surface area contributed by atoms with Crippen LogP contribution >= 0.6 is 40.8 Å². The van der Waals surface area contributed by atoms with Gasteiger partial charge < -0.3 is 62.1 Å². The van der Waals surface area contributed by atoms with Crippen molar-refractivity contribution in [2.75, 3.05) is 79.0 Å². The summed E-state index contributed by atoms with van der Waals surface area (Å²) in [4.78, 5) is 0. The summed E-state index contributed by atoms with van der Waals surface area (Å²) < 4.78 is 0. The van der Waals surface area contributed by atoms with Gasteiger partial charge in [-0.2, -0.15) is 0 Å². The fourth-order valence-electron chi connectivity index (χ4n) is 3.58. The second kappa shape index (κ2) is 81.2. The van der Waals surface area contributed by atoms with Crippen molar-refractivity contribution in [1.29, 1.82) is 0 Å². The van der Waals surface area contributed by atoms with Crippen molar-refractivity contribution in [1.82, 2.24) is 0 Å². The maximum atomic E-state index is 8.60. The number of hydrogen-bond acceptors (Lipinski definition) is 8. The van der Waals surface area contributed by atoms with E-state index in [4.69, 9.17) is 40.9 Å². The number of rotatable bonds is 4. The van der Waals surface area contributed by atoms with E-state index in [-0.39, 0.29) is 71.0 Å². The fraction of sp³-hybridized carbons (Fsp3) is 0.875. The van der Waals surface area contributed by atoms with Gasteiger partial charge in [0.1, 0.15) is 0 Å². The molecular formula is C32H68Cl4N4Ni4O8-4. The topological polar surface area (TPSA) is 218 Å². The zero-order valence-corrected chi connectivity index (χ0v) is 37.9. The Labute approximate surface area is 365 Å². The number of halogens is 4. The van der Waals surface area contributed by atoms with Crippen molar-refractivity contribution in [3.63, 3.8) is 0 Å². The molecule has 0 radical (unpaired) electrons. The SMILES string of the molecule is CCO.CCO.CCO.CCO.OCC1=CC=CC[N-]1.OCC1CCCC[N-]1.OCC1CCCC[N-]1.OCC1CCCC[N-]1.[Cl][Ni].[Cl][Ni].[Cl][Ni].[Cl][Ni]. The van der Waals surface area contributed by atoms with Crippen molar-refractivity contribution in [2.24, 2.45) is 0 Å². The van der Waals surface area contributed by atoms with Crippen molar-refractivity contribution in [3.05, 3.63) is 45.2 Å². The summed E-state index contributed by atoms with van der Waals surface area (Å²) in [5, 5.41) is 81.1. The summed E-state index contributed by atoms with van der Waals surface area (Å²) in [6.07, 6.45) is 16.3. The molecule has 3 unspecified atom stereocenters. The molecule has 20 heteroatoms. The molecule has 4 rings (SSSR count). The van der Waals surface area contributed by atoms with Crippen molar-refractivity contribution < 1.29 is 99.1 Å². The Morgan fingerprint density at radius 1 is 0.519 bits per heavy atom. The second-order valence-electron chi connectivity index (χ2n) is 9.56. The second-order valence-corrected chi connectivity index (χ2v) is 9.56. The number of hydrogen-bond donors (Lipinski definition) is 8. The number of aliphatic hydroxyl groups excluding tert-OH is 8. The first kappa shape index (κ1) is 71.7. The Bertz CT molecular complexity index is 532. The molecule has 0 bridgehead atoms. The minimum absolute atomic E-state index is 0.0599. The van der Waals surface area contributed by atoms with E-state index in [2.05, 4.69) is 120 Å². The van der Waals surface area contributed by atoms with E-state index >= 15 is 0 Å². The Morgan fingerprint density at radius 2 is 0.788 bits per heavy atom. The molecule has 0 aliphatic carbocycles. The molecular weight excluding hydrogens is 945 g/mol. The molecule has 12 nitrogen and oxygen atoms in total. The monoisotopic (exact) mass is 1010 g/mol. The van der Waals surface area contributed by atoms with Crippen LogP contribution in [-0.4, -0.2) is 138 Å². The molecule has 0 amide bonds. The molecule has 3 saturated heterocycles. The van der Waals surface area contributed by atoms with E-state index in [1.54, 1.807) is 27.7 Å². The molecule has 0 aromatic carbocycles. The van der Waals surface area contributed by atoms with Crippen LogP contribution in [0.2, 0.25) is 0 Å². The van der Waals surface area contributed by atoms with E-state index in [0.29, 0.717) is 6.54 Å². The van der Waals surface area contributed by atoms with Crippen LogP contribution in [0, 0.1) is 0 Å². The first-order valence-corrected chi connectivity index (χ1v) is 22.2. The molecule has 4 heterocycles. The number of allylic oxidation sites excluding steroid dienone is 2. The van der Waals surface area contributed by atoms with E-state index in [1.807, 2.05) is 18.2 Å². The Kier molecular flexibility index (Phi) is 112. The summed E-state index contributed by atoms with van der Waals surface area (Å²) in [5.41, 5.74) is 0.771. The van der Waals surface area contributed by atoms with E-state index in [9.17, 15) is 0 Å². The average molecular weight is 1010 g/mol. The van der Waals surface area contributed by atoms with Crippen molar-refractivity contribution in [2.45, 2.75) is 104 Å². The van der Waals surface area contributed by atoms with Crippen LogP contribution in [0.1, 0.15) is 85.5 Å². The number of piperidine rings is 3. The summed E-state index contributed by atoms with van der Waals surface area (Å²) in [5.74, 6) is 0. The molecule has 52 heavy (non-hydrogen) atoms. The zero-order valence-electron chi connectivity index (χ0n) is 31.0. The van der Waals surface area contributed by atoms with E-state index in [0.717, 1.165) is 44.6 Å². The number of aliphatic hydroxyl groups is 8. The van der Waals surface area contributed by atoms with Crippen LogP contribution in [-0.2, 0) is 58.3 Å². The van der Waals surface area contributed by atoms with Gasteiger partial charge in [-0.1, -0.05) is 69.9 Å². The predicted octanol–water partition coefficient (Wildman–Crippen LogP) is 6.26. The summed E-state index contributed by atoms with van der Waals surface area (Å²) in [6.45, 7) is 12.1. The van der Waals surface area contributed by atoms with Gasteiger partial charge in [0.2, 0.25) is 0 Å². The zero-order chi connectivity index (χ0) is 42.1. The first-order chi connectivity index (χ1) is 25.4. The van der Waals surface area contributed by atoms with E-state index in [1.165, 1.54) is 38.5 Å². The van der Waals surface area contributed by atoms with Gasteiger partial charge in [0.15, 0.2) is 0 Å². The van der Waals surface area contributed by atoms with Crippen molar-refractivity contribution in [3.8, 4) is 0 Å². The van der Waals surface area contributed by atoms with Gasteiger partial charge in [-0.25, -0.2) is 0 Å². The molecule has 8 N–H and O–H groups in total. The standard InChI is InChI=1S/3C6H12NO.C6H8NO.4C2H6O.4ClH.4Ni/c4*8-5-6-3-1-2-4-7-6;4*1-2-3;;;;;;;;/h3*6,8H,1-5H2;1-3,8H,4-5H2;4*3H,2H2,1H3;4*1H;;;;/q4*-1;;;;;;;;;4*+1/p-4. The normalized spacial score (nSPS) is 18.6. The van der Waals surface area contributed by atoms with Crippen LogP contribution in [0.3, 0.4) is 0 Å². The van der Waals surface area contributed by atoms with Crippen LogP contribution < -0.4 is 0 Å². The molecule has 336 valence electrons. The van der Waals surface area contributed by atoms with Gasteiger partial charge in [0, 0.05) is 52.9 Å². The fourth-order valence-corrected chi connectivity index (χ4v) is 3.58. The Hall–Kier alpha value is 1.97. The molecule has 0 aromatic heterocycles. The van der Waals surface area contributed by atoms with Gasteiger partial charge in [0.05, 0.1) is 0 Å². The maximum absolute atomic E-state index is 8.60. The molecule has 3 atom stereocenters. The summed E-state index contributed by atoms with van der Waals surface area (Å²) >= 11 is 13.4. The average Bonchev–Trinajstić information content (AvgIpc) is 3.24. The quantitative estimate of drug-likeness (QED) is 0.150. The summed E-state index contributed by atoms with van der Waals surface area (Å²) in [6, 6.07) is 0.802. The molecule has 4 aliphatic rings. The third-order valence-corrected chi connectivity index (χ3v) is 5.62. The summed E-state index contributed by atoms with van der Waals surface area (Å²) in [7, 11) is 17.1. The van der Waals surface area contributed by atoms with Crippen LogP contribution in [0.4, 0.5) is 0 Å². The number of nitrogens with zero attached hydrogens (tertiary/aromatic N) is 4. The van der Waals surface area contributed by atoms with E-state index < -0.39 is 0 Å². The van der Waals surface area contributed by atoms with Crippen LogP contribution in [0.25, 0.3) is 21.3 Å².